The summed E-state index contributed by atoms with van der Waals surface area (Å²) < 4.78 is 7.00. The van der Waals surface area contributed by atoms with Crippen molar-refractivity contribution < 1.29 is 9.21 Å². The lowest BCUT2D eigenvalue weighted by molar-refractivity contribution is 0.0876. The Morgan fingerprint density at radius 1 is 1.04 bits per heavy atom. The Hall–Kier alpha value is -2.70. The summed E-state index contributed by atoms with van der Waals surface area (Å²) in [6.07, 6.45) is 0. The molecule has 0 amide bonds. The van der Waals surface area contributed by atoms with Crippen LogP contribution < -0.4 is 5.76 Å². The van der Waals surface area contributed by atoms with Crippen molar-refractivity contribution in [2.75, 3.05) is 39.8 Å². The third-order valence-electron chi connectivity index (χ3n) is 5.14. The second-order valence-corrected chi connectivity index (χ2v) is 7.12. The average molecular weight is 365 g/mol. The van der Waals surface area contributed by atoms with Gasteiger partial charge in [0.2, 0.25) is 0 Å². The molecule has 0 unspecified atom stereocenters. The van der Waals surface area contributed by atoms with Gasteiger partial charge in [-0.1, -0.05) is 30.3 Å². The predicted octanol–water partition coefficient (Wildman–Crippen LogP) is 2.07. The Morgan fingerprint density at radius 3 is 2.52 bits per heavy atom. The number of Topliss-reactive ketones (excluding diaryl/α,β-unsaturated/α-hetero) is 1. The minimum atomic E-state index is -0.405. The molecule has 2 heterocycles. The van der Waals surface area contributed by atoms with E-state index in [-0.39, 0.29) is 5.78 Å². The maximum Gasteiger partial charge on any atom is 0.420 e. The van der Waals surface area contributed by atoms with Gasteiger partial charge in [-0.05, 0) is 30.8 Å². The highest BCUT2D eigenvalue weighted by atomic mass is 16.4. The van der Waals surface area contributed by atoms with E-state index < -0.39 is 5.76 Å². The van der Waals surface area contributed by atoms with Crippen molar-refractivity contribution in [2.24, 2.45) is 0 Å². The lowest BCUT2D eigenvalue weighted by Gasteiger charge is -2.31. The summed E-state index contributed by atoms with van der Waals surface area (Å²) in [5.74, 6) is -0.350. The van der Waals surface area contributed by atoms with Crippen LogP contribution in [0.4, 0.5) is 0 Å². The molecule has 27 heavy (non-hydrogen) atoms. The van der Waals surface area contributed by atoms with Crippen molar-refractivity contribution in [3.63, 3.8) is 0 Å². The van der Waals surface area contributed by atoms with Gasteiger partial charge in [-0.15, -0.1) is 0 Å². The van der Waals surface area contributed by atoms with Crippen molar-refractivity contribution in [3.05, 3.63) is 70.2 Å². The first-order valence-corrected chi connectivity index (χ1v) is 9.21. The van der Waals surface area contributed by atoms with Gasteiger partial charge in [-0.25, -0.2) is 4.79 Å². The molecule has 0 N–H and O–H groups in total. The van der Waals surface area contributed by atoms with Crippen LogP contribution in [0, 0.1) is 0 Å². The van der Waals surface area contributed by atoms with Gasteiger partial charge in [0.25, 0.3) is 0 Å². The van der Waals surface area contributed by atoms with Crippen LogP contribution in [0.15, 0.2) is 57.7 Å². The molecule has 0 bridgehead atoms. The van der Waals surface area contributed by atoms with E-state index in [0.717, 1.165) is 31.7 Å². The second kappa shape index (κ2) is 7.50. The minimum Gasteiger partial charge on any atom is -0.408 e. The van der Waals surface area contributed by atoms with Crippen LogP contribution >= 0.6 is 0 Å². The fraction of sp³-hybridized carbons (Fsp3) is 0.333. The minimum absolute atomic E-state index is 0.0555. The van der Waals surface area contributed by atoms with Crippen molar-refractivity contribution in [1.29, 1.82) is 0 Å². The van der Waals surface area contributed by atoms with Crippen LogP contribution in [0.5, 0.6) is 0 Å². The van der Waals surface area contributed by atoms with Gasteiger partial charge in [0.05, 0.1) is 18.6 Å². The molecule has 4 rings (SSSR count). The van der Waals surface area contributed by atoms with E-state index in [1.54, 1.807) is 22.8 Å². The van der Waals surface area contributed by atoms with Crippen LogP contribution in [-0.2, 0) is 6.54 Å². The number of oxazole rings is 1. The van der Waals surface area contributed by atoms with Crippen LogP contribution in [0.1, 0.15) is 15.9 Å². The van der Waals surface area contributed by atoms with Crippen LogP contribution in [0.25, 0.3) is 11.1 Å². The van der Waals surface area contributed by atoms with E-state index in [2.05, 4.69) is 16.8 Å². The number of ketones is 1. The van der Waals surface area contributed by atoms with Crippen molar-refractivity contribution in [3.8, 4) is 0 Å². The van der Waals surface area contributed by atoms with Gasteiger partial charge in [0.15, 0.2) is 11.4 Å². The second-order valence-electron chi connectivity index (χ2n) is 7.12. The Kier molecular flexibility index (Phi) is 4.92. The number of hydrogen-bond acceptors (Lipinski definition) is 5. The largest absolute Gasteiger partial charge is 0.420 e. The molecule has 0 radical (unpaired) electrons. The number of aromatic nitrogens is 1. The fourth-order valence-corrected chi connectivity index (χ4v) is 3.46. The van der Waals surface area contributed by atoms with E-state index in [9.17, 15) is 9.59 Å². The van der Waals surface area contributed by atoms with E-state index in [0.29, 0.717) is 29.8 Å². The molecule has 6 heteroatoms. The maximum absolute atomic E-state index is 12.6. The number of piperazine rings is 1. The molecular weight excluding hydrogens is 342 g/mol. The molecule has 0 aliphatic carbocycles. The summed E-state index contributed by atoms with van der Waals surface area (Å²) in [4.78, 5) is 29.3. The molecule has 1 aliphatic rings. The summed E-state index contributed by atoms with van der Waals surface area (Å²) in [5, 5.41) is 0. The SMILES string of the molecule is CN1CCN(CC(=O)c2ccc3c(c2)oc(=O)n3Cc2ccccc2)CC1. The predicted molar refractivity (Wildman–Crippen MR) is 104 cm³/mol. The summed E-state index contributed by atoms with van der Waals surface area (Å²) in [6.45, 7) is 4.59. The molecule has 1 aromatic heterocycles. The third kappa shape index (κ3) is 3.86. The highest BCUT2D eigenvalue weighted by Crippen LogP contribution is 2.17. The van der Waals surface area contributed by atoms with Gasteiger partial charge < -0.3 is 9.32 Å². The molecule has 0 spiro atoms. The zero-order valence-electron chi connectivity index (χ0n) is 15.4. The number of fused-ring (bicyclic) bond motifs is 1. The summed E-state index contributed by atoms with van der Waals surface area (Å²) >= 11 is 0. The standard InChI is InChI=1S/C21H23N3O3/c1-22-9-11-23(12-10-22)15-19(25)17-7-8-18-20(13-17)27-21(26)24(18)14-16-5-3-2-4-6-16/h2-8,13H,9-12,14-15H2,1H3. The van der Waals surface area contributed by atoms with Gasteiger partial charge >= 0.3 is 5.76 Å². The molecule has 2 aromatic carbocycles. The van der Waals surface area contributed by atoms with Crippen molar-refractivity contribution in [2.45, 2.75) is 6.54 Å². The lowest BCUT2D eigenvalue weighted by atomic mass is 10.1. The first-order chi connectivity index (χ1) is 13.1. The number of nitrogens with zero attached hydrogens (tertiary/aromatic N) is 3. The number of rotatable bonds is 5. The van der Waals surface area contributed by atoms with Crippen LogP contribution in [-0.4, -0.2) is 59.9 Å². The molecule has 1 fully saturated rings. The average Bonchev–Trinajstić information content (AvgIpc) is 2.99. The zero-order valence-corrected chi connectivity index (χ0v) is 15.4. The molecule has 0 atom stereocenters. The van der Waals surface area contributed by atoms with Gasteiger partial charge in [-0.3, -0.25) is 14.3 Å². The van der Waals surface area contributed by atoms with E-state index >= 15 is 0 Å². The zero-order chi connectivity index (χ0) is 18.8. The smallest absolute Gasteiger partial charge is 0.408 e. The summed E-state index contributed by atoms with van der Waals surface area (Å²) in [7, 11) is 2.09. The van der Waals surface area contributed by atoms with Crippen LogP contribution in [0.2, 0.25) is 0 Å². The van der Waals surface area contributed by atoms with Gasteiger partial charge in [0.1, 0.15) is 0 Å². The number of hydrogen-bond donors (Lipinski definition) is 0. The van der Waals surface area contributed by atoms with E-state index in [1.807, 2.05) is 30.3 Å². The number of likely N-dealkylation sites (N-methyl/N-ethyl adjacent to an activating group) is 1. The monoisotopic (exact) mass is 365 g/mol. The van der Waals surface area contributed by atoms with Crippen molar-refractivity contribution in [1.82, 2.24) is 14.4 Å². The fourth-order valence-electron chi connectivity index (χ4n) is 3.46. The van der Waals surface area contributed by atoms with Crippen LogP contribution in [0.3, 0.4) is 0 Å². The number of carbonyl (C=O) groups is 1. The van der Waals surface area contributed by atoms with Gasteiger partial charge in [-0.2, -0.15) is 0 Å². The molecule has 1 aliphatic heterocycles. The summed E-state index contributed by atoms with van der Waals surface area (Å²) in [5.41, 5.74) is 2.78. The Morgan fingerprint density at radius 2 is 1.78 bits per heavy atom. The molecule has 3 aromatic rings. The Balaban J connectivity index is 1.54. The quantitative estimate of drug-likeness (QED) is 0.648. The first kappa shape index (κ1) is 17.7. The van der Waals surface area contributed by atoms with E-state index in [4.69, 9.17) is 4.42 Å². The van der Waals surface area contributed by atoms with E-state index in [1.165, 1.54) is 0 Å². The number of benzene rings is 2. The molecule has 6 nitrogen and oxygen atoms in total. The normalized spacial score (nSPS) is 16.0. The maximum atomic E-state index is 12.6. The summed E-state index contributed by atoms with van der Waals surface area (Å²) in [6, 6.07) is 15.1. The molecular formula is C21H23N3O3. The molecule has 140 valence electrons. The van der Waals surface area contributed by atoms with Gasteiger partial charge in [0, 0.05) is 31.7 Å². The lowest BCUT2D eigenvalue weighted by Crippen LogP contribution is -2.46. The first-order valence-electron chi connectivity index (χ1n) is 9.21. The highest BCUT2D eigenvalue weighted by Gasteiger charge is 2.19. The topological polar surface area (TPSA) is 58.7 Å². The molecule has 0 saturated carbocycles. The molecule has 1 saturated heterocycles. The van der Waals surface area contributed by atoms with Crippen molar-refractivity contribution >= 4 is 16.9 Å². The Bertz CT molecular complexity index is 998. The third-order valence-corrected chi connectivity index (χ3v) is 5.14. The highest BCUT2D eigenvalue weighted by molar-refractivity contribution is 6.00. The number of carbonyl (C=O) groups excluding carboxylic acids is 1. The Labute approximate surface area is 157 Å².